The highest BCUT2D eigenvalue weighted by atomic mass is 16.7. The van der Waals surface area contributed by atoms with Crippen molar-refractivity contribution in [3.05, 3.63) is 24.3 Å². The van der Waals surface area contributed by atoms with Gasteiger partial charge in [-0.25, -0.2) is 0 Å². The van der Waals surface area contributed by atoms with Crippen LogP contribution in [0.25, 0.3) is 0 Å². The smallest absolute Gasteiger partial charge is 0.229 e. The molecule has 1 aromatic carbocycles. The van der Waals surface area contributed by atoms with Gasteiger partial charge in [-0.3, -0.25) is 0 Å². The van der Waals surface area contributed by atoms with Gasteiger partial charge in [-0.15, -0.1) is 0 Å². The standard InChI is InChI=1S/C12H16O7/c13-5-8-9(15)10(16)11(17)12(19-8)18-7-3-1-2-6(14)4-7/h1-4,8-17H,5H2/t8-,9-,10+,11-,12+/m1/s1. The van der Waals surface area contributed by atoms with Crippen LogP contribution in [0, 0.1) is 0 Å². The molecule has 0 spiro atoms. The number of ether oxygens (including phenoxy) is 2. The van der Waals surface area contributed by atoms with Crippen molar-refractivity contribution in [3.8, 4) is 11.5 Å². The van der Waals surface area contributed by atoms with E-state index in [9.17, 15) is 20.4 Å². The number of aromatic hydroxyl groups is 1. The van der Waals surface area contributed by atoms with Gasteiger partial charge in [-0.2, -0.15) is 0 Å². The first kappa shape index (κ1) is 14.0. The number of phenols is 1. The normalized spacial score (nSPS) is 35.1. The lowest BCUT2D eigenvalue weighted by Crippen LogP contribution is -2.60. The Kier molecular flexibility index (Phi) is 4.23. The molecular weight excluding hydrogens is 256 g/mol. The molecule has 7 nitrogen and oxygen atoms in total. The molecule has 1 heterocycles. The molecule has 7 heteroatoms. The predicted molar refractivity (Wildman–Crippen MR) is 62.5 cm³/mol. The van der Waals surface area contributed by atoms with Crippen LogP contribution in [0.2, 0.25) is 0 Å². The largest absolute Gasteiger partial charge is 0.508 e. The number of phenolic OH excluding ortho intramolecular Hbond substituents is 1. The van der Waals surface area contributed by atoms with E-state index in [1.807, 2.05) is 0 Å². The van der Waals surface area contributed by atoms with Crippen molar-refractivity contribution in [2.24, 2.45) is 0 Å². The maximum Gasteiger partial charge on any atom is 0.229 e. The molecule has 0 bridgehead atoms. The number of benzene rings is 1. The van der Waals surface area contributed by atoms with Crippen LogP contribution in [0.1, 0.15) is 0 Å². The third kappa shape index (κ3) is 2.96. The molecule has 1 saturated heterocycles. The molecule has 5 N–H and O–H groups in total. The van der Waals surface area contributed by atoms with E-state index < -0.39 is 37.3 Å². The van der Waals surface area contributed by atoms with Crippen molar-refractivity contribution in [1.29, 1.82) is 0 Å². The average Bonchev–Trinajstić information content (AvgIpc) is 2.39. The molecule has 1 aliphatic heterocycles. The van der Waals surface area contributed by atoms with Crippen LogP contribution in [-0.2, 0) is 4.74 Å². The molecule has 5 atom stereocenters. The molecule has 0 unspecified atom stereocenters. The van der Waals surface area contributed by atoms with Gasteiger partial charge in [-0.05, 0) is 12.1 Å². The Hall–Kier alpha value is -1.38. The highest BCUT2D eigenvalue weighted by Crippen LogP contribution is 2.25. The van der Waals surface area contributed by atoms with E-state index in [4.69, 9.17) is 14.6 Å². The zero-order chi connectivity index (χ0) is 14.0. The lowest BCUT2D eigenvalue weighted by Gasteiger charge is -2.39. The predicted octanol–water partition coefficient (Wildman–Crippen LogP) is -1.43. The molecule has 1 aromatic rings. The lowest BCUT2D eigenvalue weighted by molar-refractivity contribution is -0.277. The number of aliphatic hydroxyl groups excluding tert-OH is 4. The van der Waals surface area contributed by atoms with Crippen LogP contribution in [0.5, 0.6) is 11.5 Å². The topological polar surface area (TPSA) is 120 Å². The molecule has 1 fully saturated rings. The zero-order valence-corrected chi connectivity index (χ0v) is 9.96. The van der Waals surface area contributed by atoms with E-state index in [1.165, 1.54) is 24.3 Å². The Morgan fingerprint density at radius 2 is 1.84 bits per heavy atom. The molecule has 0 aliphatic carbocycles. The fourth-order valence-corrected chi connectivity index (χ4v) is 1.86. The first-order valence-electron chi connectivity index (χ1n) is 5.79. The summed E-state index contributed by atoms with van der Waals surface area (Å²) in [5.41, 5.74) is 0. The Bertz CT molecular complexity index is 422. The van der Waals surface area contributed by atoms with E-state index in [0.29, 0.717) is 0 Å². The van der Waals surface area contributed by atoms with Crippen molar-refractivity contribution in [2.75, 3.05) is 6.61 Å². The van der Waals surface area contributed by atoms with Gasteiger partial charge < -0.3 is 35.0 Å². The van der Waals surface area contributed by atoms with Gasteiger partial charge in [0.2, 0.25) is 6.29 Å². The van der Waals surface area contributed by atoms with Crippen LogP contribution in [0.4, 0.5) is 0 Å². The maximum atomic E-state index is 9.75. The molecular formula is C12H16O7. The number of hydrogen-bond acceptors (Lipinski definition) is 7. The van der Waals surface area contributed by atoms with Gasteiger partial charge in [0.15, 0.2) is 0 Å². The van der Waals surface area contributed by atoms with Crippen LogP contribution in [0.15, 0.2) is 24.3 Å². The second-order valence-electron chi connectivity index (χ2n) is 4.31. The van der Waals surface area contributed by atoms with E-state index in [-0.39, 0.29) is 11.5 Å². The van der Waals surface area contributed by atoms with Crippen LogP contribution in [0.3, 0.4) is 0 Å². The summed E-state index contributed by atoms with van der Waals surface area (Å²) >= 11 is 0. The fraction of sp³-hybridized carbons (Fsp3) is 0.500. The summed E-state index contributed by atoms with van der Waals surface area (Å²) in [7, 11) is 0. The Morgan fingerprint density at radius 3 is 2.47 bits per heavy atom. The summed E-state index contributed by atoms with van der Waals surface area (Å²) < 4.78 is 10.4. The van der Waals surface area contributed by atoms with Gasteiger partial charge in [0.25, 0.3) is 0 Å². The second-order valence-corrected chi connectivity index (χ2v) is 4.31. The molecule has 0 radical (unpaired) electrons. The molecule has 1 aliphatic rings. The Balaban J connectivity index is 2.10. The summed E-state index contributed by atoms with van der Waals surface area (Å²) in [5, 5.41) is 47.2. The molecule has 19 heavy (non-hydrogen) atoms. The number of rotatable bonds is 3. The van der Waals surface area contributed by atoms with Gasteiger partial charge in [0.1, 0.15) is 35.9 Å². The summed E-state index contributed by atoms with van der Waals surface area (Å²) in [5.74, 6) is 0.200. The summed E-state index contributed by atoms with van der Waals surface area (Å²) in [6.07, 6.45) is -6.67. The van der Waals surface area contributed by atoms with Crippen molar-refractivity contribution in [2.45, 2.75) is 30.7 Å². The highest BCUT2D eigenvalue weighted by molar-refractivity contribution is 5.31. The first-order chi connectivity index (χ1) is 9.02. The highest BCUT2D eigenvalue weighted by Gasteiger charge is 2.44. The number of hydrogen-bond donors (Lipinski definition) is 5. The molecule has 0 amide bonds. The lowest BCUT2D eigenvalue weighted by atomic mass is 9.99. The quantitative estimate of drug-likeness (QED) is 0.457. The van der Waals surface area contributed by atoms with Crippen LogP contribution in [-0.4, -0.2) is 62.8 Å². The van der Waals surface area contributed by atoms with Gasteiger partial charge in [0, 0.05) is 6.07 Å². The second kappa shape index (κ2) is 5.72. The Morgan fingerprint density at radius 1 is 1.11 bits per heavy atom. The third-order valence-corrected chi connectivity index (χ3v) is 2.92. The van der Waals surface area contributed by atoms with Crippen molar-refractivity contribution in [1.82, 2.24) is 0 Å². The van der Waals surface area contributed by atoms with Crippen LogP contribution < -0.4 is 4.74 Å². The van der Waals surface area contributed by atoms with E-state index in [2.05, 4.69) is 0 Å². The van der Waals surface area contributed by atoms with Gasteiger partial charge in [0.05, 0.1) is 6.61 Å². The minimum Gasteiger partial charge on any atom is -0.508 e. The maximum absolute atomic E-state index is 9.75. The molecule has 2 rings (SSSR count). The minimum atomic E-state index is -1.49. The van der Waals surface area contributed by atoms with Crippen molar-refractivity contribution in [3.63, 3.8) is 0 Å². The fourth-order valence-electron chi connectivity index (χ4n) is 1.86. The van der Waals surface area contributed by atoms with E-state index in [0.717, 1.165) is 0 Å². The first-order valence-corrected chi connectivity index (χ1v) is 5.79. The van der Waals surface area contributed by atoms with Crippen molar-refractivity contribution < 1.29 is 35.0 Å². The Labute approximate surface area is 109 Å². The van der Waals surface area contributed by atoms with E-state index >= 15 is 0 Å². The SMILES string of the molecule is OC[C@H]1O[C@H](Oc2cccc(O)c2)[C@H](O)[C@@H](O)[C@@H]1O. The third-order valence-electron chi connectivity index (χ3n) is 2.92. The van der Waals surface area contributed by atoms with Crippen LogP contribution >= 0.6 is 0 Å². The number of aliphatic hydroxyl groups is 4. The van der Waals surface area contributed by atoms with Gasteiger partial charge >= 0.3 is 0 Å². The van der Waals surface area contributed by atoms with Crippen molar-refractivity contribution >= 4 is 0 Å². The van der Waals surface area contributed by atoms with E-state index in [1.54, 1.807) is 0 Å². The summed E-state index contributed by atoms with van der Waals surface area (Å²) in [4.78, 5) is 0. The summed E-state index contributed by atoms with van der Waals surface area (Å²) in [6, 6.07) is 5.82. The monoisotopic (exact) mass is 272 g/mol. The molecule has 0 saturated carbocycles. The average molecular weight is 272 g/mol. The minimum absolute atomic E-state index is 0.0258. The molecule has 0 aromatic heterocycles. The summed E-state index contributed by atoms with van der Waals surface area (Å²) in [6.45, 7) is -0.523. The zero-order valence-electron chi connectivity index (χ0n) is 9.96. The molecule has 106 valence electrons. The van der Waals surface area contributed by atoms with Gasteiger partial charge in [-0.1, -0.05) is 6.07 Å².